The average Bonchev–Trinajstić information content (AvgIpc) is 4.10. The molecule has 56 heavy (non-hydrogen) atoms. The Morgan fingerprint density at radius 1 is 0.750 bits per heavy atom. The van der Waals surface area contributed by atoms with Crippen LogP contribution < -0.4 is 5.32 Å². The number of H-pyrrole nitrogens is 2. The van der Waals surface area contributed by atoms with Gasteiger partial charge in [0.2, 0.25) is 11.8 Å². The van der Waals surface area contributed by atoms with Gasteiger partial charge >= 0.3 is 6.09 Å². The second kappa shape index (κ2) is 17.0. The molecular weight excluding hydrogens is 705 g/mol. The lowest BCUT2D eigenvalue weighted by molar-refractivity contribution is -0.138. The fraction of sp³-hybridized carbons (Fsp3) is 0.523. The lowest BCUT2D eigenvalue weighted by atomic mass is 9.77. The van der Waals surface area contributed by atoms with Gasteiger partial charge in [-0.15, -0.1) is 0 Å². The molecule has 4 aromatic rings. The first-order chi connectivity index (χ1) is 27.4. The van der Waals surface area contributed by atoms with Crippen LogP contribution in [-0.4, -0.2) is 91.9 Å². The van der Waals surface area contributed by atoms with Crippen molar-refractivity contribution in [2.24, 2.45) is 0 Å². The molecule has 2 aromatic carbocycles. The normalized spacial score (nSPS) is 24.0. The third kappa shape index (κ3) is 7.85. The number of nitrogens with zero attached hydrogens (tertiary/aromatic N) is 5. The number of alkyl carbamates (subject to hydrolysis) is 1. The Morgan fingerprint density at radius 2 is 1.38 bits per heavy atom. The Bertz CT molecular complexity index is 1950. The smallest absolute Gasteiger partial charge is 0.407 e. The fourth-order valence-electron chi connectivity index (χ4n) is 9.72. The summed E-state index contributed by atoms with van der Waals surface area (Å²) in [5, 5.41) is 2.68. The van der Waals surface area contributed by atoms with Crippen LogP contribution in [0.15, 0.2) is 67.0 Å². The third-order valence-corrected chi connectivity index (χ3v) is 12.8. The van der Waals surface area contributed by atoms with E-state index in [0.717, 1.165) is 118 Å². The van der Waals surface area contributed by atoms with E-state index in [-0.39, 0.29) is 29.9 Å². The van der Waals surface area contributed by atoms with E-state index in [2.05, 4.69) is 61.5 Å². The van der Waals surface area contributed by atoms with Gasteiger partial charge < -0.3 is 29.8 Å². The number of likely N-dealkylation sites (tertiary alicyclic amines) is 3. The average molecular weight is 761 g/mol. The molecule has 4 unspecified atom stereocenters. The zero-order valence-electron chi connectivity index (χ0n) is 32.8. The summed E-state index contributed by atoms with van der Waals surface area (Å²) in [6.45, 7) is 5.22. The Morgan fingerprint density at radius 3 is 2.04 bits per heavy atom. The minimum absolute atomic E-state index is 0.0474. The molecule has 0 radical (unpaired) electrons. The Balaban J connectivity index is 0.873. The van der Waals surface area contributed by atoms with Crippen molar-refractivity contribution < 1.29 is 19.1 Å². The number of rotatable bonds is 11. The highest BCUT2D eigenvalue weighted by atomic mass is 16.5. The highest BCUT2D eigenvalue weighted by Gasteiger charge is 2.40. The fourth-order valence-corrected chi connectivity index (χ4v) is 9.72. The van der Waals surface area contributed by atoms with Crippen molar-refractivity contribution >= 4 is 17.9 Å². The first-order valence-corrected chi connectivity index (χ1v) is 20.9. The molecule has 3 saturated heterocycles. The van der Waals surface area contributed by atoms with Gasteiger partial charge in [0, 0.05) is 30.9 Å². The number of hydrogen-bond donors (Lipinski definition) is 3. The van der Waals surface area contributed by atoms with E-state index in [0.29, 0.717) is 24.8 Å². The van der Waals surface area contributed by atoms with E-state index in [1.807, 2.05) is 42.4 Å². The first-order valence-electron chi connectivity index (χ1n) is 20.9. The maximum atomic E-state index is 14.2. The highest BCUT2D eigenvalue weighted by Crippen LogP contribution is 2.42. The number of ether oxygens (including phenoxy) is 1. The topological polar surface area (TPSA) is 140 Å². The Labute approximate surface area is 329 Å². The summed E-state index contributed by atoms with van der Waals surface area (Å²) in [6, 6.07) is 18.2. The second-order valence-corrected chi connectivity index (χ2v) is 16.1. The quantitative estimate of drug-likeness (QED) is 0.144. The predicted octanol–water partition coefficient (Wildman–Crippen LogP) is 7.54. The highest BCUT2D eigenvalue weighted by molar-refractivity contribution is 5.86. The van der Waals surface area contributed by atoms with Gasteiger partial charge in [0.05, 0.1) is 31.1 Å². The summed E-state index contributed by atoms with van der Waals surface area (Å²) in [6.07, 6.45) is 14.1. The third-order valence-electron chi connectivity index (χ3n) is 12.8. The molecule has 1 saturated carbocycles. The SMILES string of the molecule is CCC(NC(=O)OC)C(=O)N1CCCC1c1ncc(C2CCC(c3ccc(-c4cnc(C5CCCN5C(=O)C(c5ccccc5)N5CCCC5)[nH]4)cc3)CC2)[nH]1. The molecule has 296 valence electrons. The zero-order chi connectivity index (χ0) is 38.6. The predicted molar refractivity (Wildman–Crippen MR) is 214 cm³/mol. The van der Waals surface area contributed by atoms with Crippen molar-refractivity contribution in [1.29, 1.82) is 0 Å². The summed E-state index contributed by atoms with van der Waals surface area (Å²) >= 11 is 0. The summed E-state index contributed by atoms with van der Waals surface area (Å²) in [5.41, 5.74) is 5.68. The molecule has 1 aliphatic carbocycles. The number of carbonyl (C=O) groups is 3. The van der Waals surface area contributed by atoms with E-state index < -0.39 is 12.1 Å². The largest absolute Gasteiger partial charge is 0.453 e. The van der Waals surface area contributed by atoms with Gasteiger partial charge in [-0.1, -0.05) is 61.5 Å². The molecule has 2 aromatic heterocycles. The number of hydrogen-bond acceptors (Lipinski definition) is 7. The molecule has 5 heterocycles. The van der Waals surface area contributed by atoms with Gasteiger partial charge in [0.1, 0.15) is 23.7 Å². The minimum atomic E-state index is -0.614. The van der Waals surface area contributed by atoms with Crippen LogP contribution in [0.5, 0.6) is 0 Å². The molecule has 3 aliphatic heterocycles. The van der Waals surface area contributed by atoms with Gasteiger partial charge in [-0.25, -0.2) is 14.8 Å². The van der Waals surface area contributed by atoms with Crippen molar-refractivity contribution in [2.75, 3.05) is 33.3 Å². The summed E-state index contributed by atoms with van der Waals surface area (Å²) in [7, 11) is 1.31. The number of carbonyl (C=O) groups excluding carboxylic acids is 3. The molecule has 4 atom stereocenters. The van der Waals surface area contributed by atoms with Gasteiger partial charge in [-0.3, -0.25) is 14.5 Å². The number of nitrogens with one attached hydrogen (secondary N) is 3. The van der Waals surface area contributed by atoms with E-state index in [4.69, 9.17) is 14.7 Å². The van der Waals surface area contributed by atoms with Crippen LogP contribution >= 0.6 is 0 Å². The van der Waals surface area contributed by atoms with Crippen molar-refractivity contribution in [3.05, 3.63) is 95.5 Å². The molecule has 0 spiro atoms. The molecule has 3 amide bonds. The van der Waals surface area contributed by atoms with Gasteiger partial charge in [-0.05, 0) is 106 Å². The van der Waals surface area contributed by atoms with Crippen LogP contribution in [0, 0.1) is 0 Å². The molecular formula is C44H56N8O4. The van der Waals surface area contributed by atoms with Crippen LogP contribution in [0.2, 0.25) is 0 Å². The van der Waals surface area contributed by atoms with Gasteiger partial charge in [-0.2, -0.15) is 0 Å². The lowest BCUT2D eigenvalue weighted by Crippen LogP contribution is -2.48. The second-order valence-electron chi connectivity index (χ2n) is 16.1. The standard InChI is InChI=1S/C44H56N8O4/c1-3-34(49-44(55)56-2)42(53)51-25-9-13-37(51)40-45-27-35(47-40)31-19-15-29(16-20-31)30-17-21-32(22-18-30)36-28-46-41(48-36)38-14-10-26-52(38)43(54)39(50-23-7-8-24-50)33-11-5-4-6-12-33/h4-6,11-12,17-18,21-22,27-29,31,34,37-39H,3,7-10,13-16,19-20,23-26H2,1-2H3,(H,45,47)(H,46,48)(H,49,55). The number of aromatic amines is 2. The van der Waals surface area contributed by atoms with Crippen LogP contribution in [-0.2, 0) is 14.3 Å². The number of methoxy groups -OCH3 is 1. The molecule has 4 aliphatic rings. The van der Waals surface area contributed by atoms with Crippen molar-refractivity contribution in [3.63, 3.8) is 0 Å². The summed E-state index contributed by atoms with van der Waals surface area (Å²) < 4.78 is 4.74. The number of amides is 3. The van der Waals surface area contributed by atoms with Crippen LogP contribution in [0.4, 0.5) is 4.79 Å². The minimum Gasteiger partial charge on any atom is -0.453 e. The zero-order valence-corrected chi connectivity index (χ0v) is 32.8. The maximum absolute atomic E-state index is 14.2. The number of benzene rings is 2. The van der Waals surface area contributed by atoms with Gasteiger partial charge in [0.15, 0.2) is 0 Å². The van der Waals surface area contributed by atoms with Crippen molar-refractivity contribution in [2.45, 2.75) is 114 Å². The van der Waals surface area contributed by atoms with Crippen molar-refractivity contribution in [3.8, 4) is 11.3 Å². The maximum Gasteiger partial charge on any atom is 0.407 e. The van der Waals surface area contributed by atoms with E-state index in [9.17, 15) is 14.4 Å². The van der Waals surface area contributed by atoms with Crippen molar-refractivity contribution in [1.82, 2.24) is 40.0 Å². The van der Waals surface area contributed by atoms with E-state index >= 15 is 0 Å². The molecule has 0 bridgehead atoms. The van der Waals surface area contributed by atoms with Crippen LogP contribution in [0.1, 0.15) is 136 Å². The molecule has 12 nitrogen and oxygen atoms in total. The molecule has 12 heteroatoms. The monoisotopic (exact) mass is 760 g/mol. The molecule has 4 fully saturated rings. The van der Waals surface area contributed by atoms with Crippen LogP contribution in [0.25, 0.3) is 11.3 Å². The summed E-state index contributed by atoms with van der Waals surface area (Å²) in [4.78, 5) is 62.6. The lowest BCUT2D eigenvalue weighted by Gasteiger charge is -2.33. The van der Waals surface area contributed by atoms with Crippen LogP contribution in [0.3, 0.4) is 0 Å². The number of imidazole rings is 2. The van der Waals surface area contributed by atoms with E-state index in [1.165, 1.54) is 12.7 Å². The Kier molecular flexibility index (Phi) is 11.5. The number of aromatic nitrogens is 4. The molecule has 3 N–H and O–H groups in total. The molecule has 8 rings (SSSR count). The van der Waals surface area contributed by atoms with Gasteiger partial charge in [0.25, 0.3) is 0 Å². The Hall–Kier alpha value is -4.97. The first kappa shape index (κ1) is 37.9. The summed E-state index contributed by atoms with van der Waals surface area (Å²) in [5.74, 6) is 2.72. The van der Waals surface area contributed by atoms with E-state index in [1.54, 1.807) is 0 Å².